The third-order valence-electron chi connectivity index (χ3n) is 3.11. The maximum atomic E-state index is 11.1. The SMILES string of the molecule is C=C(C)C(=O)OCCNCCNCCC[Si](OC)(OC)OC. The topological polar surface area (TPSA) is 78.1 Å². The van der Waals surface area contributed by atoms with Gasteiger partial charge in [0.05, 0.1) is 0 Å². The lowest BCUT2D eigenvalue weighted by Crippen LogP contribution is -2.43. The Kier molecular flexibility index (Phi) is 12.3. The van der Waals surface area contributed by atoms with Gasteiger partial charge < -0.3 is 28.6 Å². The van der Waals surface area contributed by atoms with Crippen molar-refractivity contribution < 1.29 is 22.8 Å². The lowest BCUT2D eigenvalue weighted by atomic mass is 10.4. The molecule has 0 aliphatic heterocycles. The number of esters is 1. The van der Waals surface area contributed by atoms with Gasteiger partial charge >= 0.3 is 14.8 Å². The molecule has 0 aromatic rings. The van der Waals surface area contributed by atoms with E-state index < -0.39 is 8.80 Å². The van der Waals surface area contributed by atoms with Gasteiger partial charge in [-0.25, -0.2) is 4.79 Å². The summed E-state index contributed by atoms with van der Waals surface area (Å²) in [6.45, 7) is 8.67. The molecule has 0 heterocycles. The highest BCUT2D eigenvalue weighted by Gasteiger charge is 2.36. The molecule has 8 heteroatoms. The van der Waals surface area contributed by atoms with Crippen LogP contribution in [0.3, 0.4) is 0 Å². The van der Waals surface area contributed by atoms with Crippen LogP contribution in [0.15, 0.2) is 12.2 Å². The number of carbonyl (C=O) groups excluding carboxylic acids is 1. The van der Waals surface area contributed by atoms with Crippen molar-refractivity contribution in [1.29, 1.82) is 0 Å². The van der Waals surface area contributed by atoms with Crippen molar-refractivity contribution in [3.63, 3.8) is 0 Å². The molecule has 0 fully saturated rings. The van der Waals surface area contributed by atoms with Crippen LogP contribution in [0.5, 0.6) is 0 Å². The van der Waals surface area contributed by atoms with Crippen molar-refractivity contribution in [3.8, 4) is 0 Å². The molecule has 130 valence electrons. The van der Waals surface area contributed by atoms with Crippen molar-refractivity contribution in [2.75, 3.05) is 54.1 Å². The zero-order valence-corrected chi connectivity index (χ0v) is 15.2. The zero-order chi connectivity index (χ0) is 16.8. The Morgan fingerprint density at radius 1 is 1.00 bits per heavy atom. The van der Waals surface area contributed by atoms with E-state index in [4.69, 9.17) is 18.0 Å². The summed E-state index contributed by atoms with van der Waals surface area (Å²) in [5, 5.41) is 6.50. The van der Waals surface area contributed by atoms with E-state index in [2.05, 4.69) is 17.2 Å². The van der Waals surface area contributed by atoms with E-state index in [0.717, 1.165) is 32.1 Å². The number of rotatable bonds is 14. The van der Waals surface area contributed by atoms with E-state index in [1.54, 1.807) is 28.3 Å². The van der Waals surface area contributed by atoms with Crippen LogP contribution in [-0.4, -0.2) is 68.9 Å². The minimum absolute atomic E-state index is 0.345. The summed E-state index contributed by atoms with van der Waals surface area (Å²) in [4.78, 5) is 11.1. The molecule has 0 saturated carbocycles. The summed E-state index contributed by atoms with van der Waals surface area (Å²) in [5.41, 5.74) is 0.421. The largest absolute Gasteiger partial charge is 0.500 e. The monoisotopic (exact) mass is 334 g/mol. The predicted molar refractivity (Wildman–Crippen MR) is 87.7 cm³/mol. The van der Waals surface area contributed by atoms with Crippen LogP contribution in [-0.2, 0) is 22.8 Å². The van der Waals surface area contributed by atoms with Crippen LogP contribution < -0.4 is 10.6 Å². The van der Waals surface area contributed by atoms with E-state index in [9.17, 15) is 4.79 Å². The van der Waals surface area contributed by atoms with Crippen LogP contribution in [0.2, 0.25) is 6.04 Å². The number of carbonyl (C=O) groups is 1. The molecule has 0 aliphatic carbocycles. The first kappa shape index (κ1) is 21.2. The number of hydrogen-bond acceptors (Lipinski definition) is 7. The quantitative estimate of drug-likeness (QED) is 0.208. The molecule has 0 bridgehead atoms. The van der Waals surface area contributed by atoms with Gasteiger partial charge in [-0.2, -0.15) is 0 Å². The van der Waals surface area contributed by atoms with Gasteiger partial charge in [0.1, 0.15) is 6.61 Å². The molecule has 0 atom stereocenters. The van der Waals surface area contributed by atoms with E-state index >= 15 is 0 Å². The minimum atomic E-state index is -2.43. The molecule has 0 aromatic heterocycles. The average Bonchev–Trinajstić information content (AvgIpc) is 2.53. The predicted octanol–water partition coefficient (Wildman–Crippen LogP) is 0.553. The third kappa shape index (κ3) is 9.29. The number of hydrogen-bond donors (Lipinski definition) is 2. The van der Waals surface area contributed by atoms with E-state index in [1.807, 2.05) is 0 Å². The van der Waals surface area contributed by atoms with Crippen LogP contribution in [0.1, 0.15) is 13.3 Å². The molecule has 22 heavy (non-hydrogen) atoms. The van der Waals surface area contributed by atoms with E-state index in [0.29, 0.717) is 18.7 Å². The average molecular weight is 334 g/mol. The van der Waals surface area contributed by atoms with Gasteiger partial charge in [0, 0.05) is 52.6 Å². The van der Waals surface area contributed by atoms with Crippen molar-refractivity contribution in [2.24, 2.45) is 0 Å². The molecule has 0 spiro atoms. The maximum Gasteiger partial charge on any atom is 0.500 e. The Hall–Kier alpha value is -0.773. The first-order valence-corrected chi connectivity index (χ1v) is 9.34. The Morgan fingerprint density at radius 2 is 1.55 bits per heavy atom. The molecule has 2 N–H and O–H groups in total. The molecule has 0 rings (SSSR count). The molecule has 0 aliphatic rings. The van der Waals surface area contributed by atoms with Gasteiger partial charge in [-0.05, 0) is 19.9 Å². The summed E-state index contributed by atoms with van der Waals surface area (Å²) in [7, 11) is 2.43. The number of nitrogens with one attached hydrogen (secondary N) is 2. The molecular weight excluding hydrogens is 304 g/mol. The maximum absolute atomic E-state index is 11.1. The summed E-state index contributed by atoms with van der Waals surface area (Å²) in [6.07, 6.45) is 0.929. The Balaban J connectivity index is 3.44. The van der Waals surface area contributed by atoms with Crippen LogP contribution in [0.4, 0.5) is 0 Å². The molecule has 0 unspecified atom stereocenters. The van der Waals surface area contributed by atoms with E-state index in [-0.39, 0.29) is 5.97 Å². The van der Waals surface area contributed by atoms with Crippen molar-refractivity contribution in [1.82, 2.24) is 10.6 Å². The normalized spacial score (nSPS) is 11.5. The van der Waals surface area contributed by atoms with Crippen LogP contribution >= 0.6 is 0 Å². The summed E-state index contributed by atoms with van der Waals surface area (Å²) in [5.74, 6) is -0.345. The first-order chi connectivity index (χ1) is 10.5. The highest BCUT2D eigenvalue weighted by Crippen LogP contribution is 2.14. The highest BCUT2D eigenvalue weighted by atomic mass is 28.4. The first-order valence-electron chi connectivity index (χ1n) is 7.41. The lowest BCUT2D eigenvalue weighted by Gasteiger charge is -2.24. The van der Waals surface area contributed by atoms with Crippen LogP contribution in [0.25, 0.3) is 0 Å². The van der Waals surface area contributed by atoms with E-state index in [1.165, 1.54) is 0 Å². The molecule has 0 saturated heterocycles. The fourth-order valence-corrected chi connectivity index (χ4v) is 3.47. The van der Waals surface area contributed by atoms with Gasteiger partial charge in [-0.3, -0.25) is 0 Å². The van der Waals surface area contributed by atoms with Gasteiger partial charge in [-0.15, -0.1) is 0 Å². The molecule has 0 aromatic carbocycles. The van der Waals surface area contributed by atoms with Gasteiger partial charge in [0.25, 0.3) is 0 Å². The van der Waals surface area contributed by atoms with Gasteiger partial charge in [-0.1, -0.05) is 6.58 Å². The van der Waals surface area contributed by atoms with Crippen molar-refractivity contribution in [3.05, 3.63) is 12.2 Å². The second-order valence-corrected chi connectivity index (χ2v) is 7.91. The fraction of sp³-hybridized carbons (Fsp3) is 0.786. The molecule has 0 amide bonds. The third-order valence-corrected chi connectivity index (χ3v) is 5.94. The van der Waals surface area contributed by atoms with Crippen molar-refractivity contribution in [2.45, 2.75) is 19.4 Å². The second kappa shape index (κ2) is 12.7. The van der Waals surface area contributed by atoms with Gasteiger partial charge in [0.15, 0.2) is 0 Å². The molecule has 7 nitrogen and oxygen atoms in total. The zero-order valence-electron chi connectivity index (χ0n) is 14.2. The Morgan fingerprint density at radius 3 is 2.05 bits per heavy atom. The Labute approximate surface area is 134 Å². The van der Waals surface area contributed by atoms with Crippen LogP contribution in [0, 0.1) is 0 Å². The molecular formula is C14H30N2O5Si. The summed E-state index contributed by atoms with van der Waals surface area (Å²) in [6, 6.07) is 0.786. The lowest BCUT2D eigenvalue weighted by molar-refractivity contribution is -0.138. The standard InChI is InChI=1S/C14H30N2O5Si/c1-13(2)14(17)21-11-10-16-9-8-15-7-6-12-22(18-3,19-4)20-5/h15-16H,1,6-12H2,2-5H3. The second-order valence-electron chi connectivity index (χ2n) is 4.82. The minimum Gasteiger partial charge on any atom is -0.461 e. The Bertz CT molecular complexity index is 316. The van der Waals surface area contributed by atoms with Crippen molar-refractivity contribution >= 4 is 14.8 Å². The smallest absolute Gasteiger partial charge is 0.461 e. The number of ether oxygens (including phenoxy) is 1. The van der Waals surface area contributed by atoms with Gasteiger partial charge in [0.2, 0.25) is 0 Å². The summed E-state index contributed by atoms with van der Waals surface area (Å²) >= 11 is 0. The summed E-state index contributed by atoms with van der Waals surface area (Å²) < 4.78 is 21.0. The highest BCUT2D eigenvalue weighted by molar-refractivity contribution is 6.60. The molecule has 0 radical (unpaired) electrons. The fourth-order valence-electron chi connectivity index (χ4n) is 1.75.